The van der Waals surface area contributed by atoms with Gasteiger partial charge >= 0.3 is 0 Å². The van der Waals surface area contributed by atoms with Crippen LogP contribution in [0.4, 0.5) is 5.95 Å². The van der Waals surface area contributed by atoms with Gasteiger partial charge in [0.15, 0.2) is 0 Å². The first-order chi connectivity index (χ1) is 10.7. The van der Waals surface area contributed by atoms with Crippen molar-refractivity contribution in [3.8, 4) is 0 Å². The molecule has 116 valence electrons. The number of aromatic nitrogens is 2. The summed E-state index contributed by atoms with van der Waals surface area (Å²) in [5.74, 6) is 0.420. The molecule has 0 amide bonds. The van der Waals surface area contributed by atoms with Crippen LogP contribution in [0.25, 0.3) is 0 Å². The smallest absolute Gasteiger partial charge is 0.292 e. The first-order valence-corrected chi connectivity index (χ1v) is 7.45. The van der Waals surface area contributed by atoms with Gasteiger partial charge in [-0.1, -0.05) is 23.7 Å². The second kappa shape index (κ2) is 6.37. The summed E-state index contributed by atoms with van der Waals surface area (Å²) in [6.07, 6.45) is 0.741. The van der Waals surface area contributed by atoms with Gasteiger partial charge in [-0.3, -0.25) is 4.79 Å². The van der Waals surface area contributed by atoms with E-state index in [0.29, 0.717) is 29.6 Å². The van der Waals surface area contributed by atoms with E-state index in [2.05, 4.69) is 15.6 Å². The highest BCUT2D eigenvalue weighted by Crippen LogP contribution is 2.13. The lowest BCUT2D eigenvalue weighted by atomic mass is 10.1. The number of benzene rings is 1. The van der Waals surface area contributed by atoms with E-state index in [0.717, 1.165) is 24.2 Å². The van der Waals surface area contributed by atoms with Crippen LogP contribution < -0.4 is 21.0 Å². The highest BCUT2D eigenvalue weighted by Gasteiger charge is 2.19. The molecule has 1 aromatic heterocycles. The SMILES string of the molecule is COn1c(NCc2ccc(Cl)cc2)nc2c(c1=O)CNCC2. The van der Waals surface area contributed by atoms with Crippen molar-refractivity contribution in [3.05, 3.63) is 56.5 Å². The minimum Gasteiger partial charge on any atom is -0.411 e. The number of fused-ring (bicyclic) bond motifs is 1. The predicted octanol–water partition coefficient (Wildman–Crippen LogP) is 1.21. The highest BCUT2D eigenvalue weighted by atomic mass is 35.5. The normalized spacial score (nSPS) is 13.5. The Balaban J connectivity index is 1.88. The van der Waals surface area contributed by atoms with Crippen LogP contribution in [-0.4, -0.2) is 23.4 Å². The molecule has 0 spiro atoms. The summed E-state index contributed by atoms with van der Waals surface area (Å²) in [5, 5.41) is 7.02. The van der Waals surface area contributed by atoms with Gasteiger partial charge in [-0.25, -0.2) is 4.98 Å². The van der Waals surface area contributed by atoms with Crippen LogP contribution in [-0.2, 0) is 19.5 Å². The van der Waals surface area contributed by atoms with Gasteiger partial charge in [-0.15, -0.1) is 4.73 Å². The van der Waals surface area contributed by atoms with Gasteiger partial charge in [0.25, 0.3) is 5.56 Å². The van der Waals surface area contributed by atoms with Crippen LogP contribution >= 0.6 is 11.6 Å². The molecular weight excluding hydrogens is 304 g/mol. The maximum absolute atomic E-state index is 12.4. The maximum Gasteiger partial charge on any atom is 0.292 e. The Kier molecular flexibility index (Phi) is 4.31. The Bertz CT molecular complexity index is 728. The van der Waals surface area contributed by atoms with E-state index in [9.17, 15) is 4.79 Å². The zero-order valence-corrected chi connectivity index (χ0v) is 13.0. The Morgan fingerprint density at radius 3 is 2.91 bits per heavy atom. The quantitative estimate of drug-likeness (QED) is 0.886. The number of nitrogens with one attached hydrogen (secondary N) is 2. The number of nitrogens with zero attached hydrogens (tertiary/aromatic N) is 2. The molecule has 1 aliphatic rings. The lowest BCUT2D eigenvalue weighted by Crippen LogP contribution is -2.38. The first-order valence-electron chi connectivity index (χ1n) is 7.07. The molecule has 0 radical (unpaired) electrons. The van der Waals surface area contributed by atoms with Crippen molar-refractivity contribution < 1.29 is 4.84 Å². The van der Waals surface area contributed by atoms with Crippen molar-refractivity contribution in [2.75, 3.05) is 19.0 Å². The monoisotopic (exact) mass is 320 g/mol. The molecule has 2 heterocycles. The largest absolute Gasteiger partial charge is 0.411 e. The third-order valence-electron chi connectivity index (χ3n) is 3.61. The van der Waals surface area contributed by atoms with Crippen LogP contribution in [0.3, 0.4) is 0 Å². The van der Waals surface area contributed by atoms with Gasteiger partial charge in [0.1, 0.15) is 7.11 Å². The Morgan fingerprint density at radius 2 is 2.18 bits per heavy atom. The fraction of sp³-hybridized carbons (Fsp3) is 0.333. The van der Waals surface area contributed by atoms with Crippen molar-refractivity contribution in [2.24, 2.45) is 0 Å². The molecule has 1 aliphatic heterocycles. The van der Waals surface area contributed by atoms with Crippen molar-refractivity contribution in [3.63, 3.8) is 0 Å². The molecule has 0 aliphatic carbocycles. The molecule has 6 nitrogen and oxygen atoms in total. The Hall–Kier alpha value is -2.05. The molecule has 7 heteroatoms. The van der Waals surface area contributed by atoms with Crippen LogP contribution in [0.1, 0.15) is 16.8 Å². The molecule has 0 atom stereocenters. The Labute approximate surface area is 133 Å². The zero-order chi connectivity index (χ0) is 15.5. The summed E-state index contributed by atoms with van der Waals surface area (Å²) in [5.41, 5.74) is 2.37. The van der Waals surface area contributed by atoms with E-state index in [4.69, 9.17) is 16.4 Å². The molecule has 0 saturated heterocycles. The van der Waals surface area contributed by atoms with Crippen LogP contribution in [0.5, 0.6) is 0 Å². The molecular formula is C15H17ClN4O2. The summed E-state index contributed by atoms with van der Waals surface area (Å²) in [6, 6.07) is 7.50. The van der Waals surface area contributed by atoms with E-state index < -0.39 is 0 Å². The second-order valence-corrected chi connectivity index (χ2v) is 5.49. The van der Waals surface area contributed by atoms with E-state index in [1.807, 2.05) is 24.3 Å². The number of hydrogen-bond acceptors (Lipinski definition) is 5. The molecule has 0 fully saturated rings. The topological polar surface area (TPSA) is 68.2 Å². The standard InChI is InChI=1S/C15H17ClN4O2/c1-22-20-14(21)12-9-17-7-6-13(12)19-15(20)18-8-10-2-4-11(16)5-3-10/h2-5,17H,6-9H2,1H3,(H,18,19). The second-order valence-electron chi connectivity index (χ2n) is 5.05. The van der Waals surface area contributed by atoms with Gasteiger partial charge < -0.3 is 15.5 Å². The fourth-order valence-electron chi connectivity index (χ4n) is 2.45. The summed E-state index contributed by atoms with van der Waals surface area (Å²) in [7, 11) is 1.46. The summed E-state index contributed by atoms with van der Waals surface area (Å²) in [6.45, 7) is 1.89. The molecule has 22 heavy (non-hydrogen) atoms. The van der Waals surface area contributed by atoms with E-state index >= 15 is 0 Å². The van der Waals surface area contributed by atoms with E-state index in [1.165, 1.54) is 11.8 Å². The van der Waals surface area contributed by atoms with E-state index in [-0.39, 0.29) is 5.56 Å². The average molecular weight is 321 g/mol. The van der Waals surface area contributed by atoms with Crippen LogP contribution in [0, 0.1) is 0 Å². The summed E-state index contributed by atoms with van der Waals surface area (Å²) >= 11 is 5.87. The minimum absolute atomic E-state index is 0.168. The van der Waals surface area contributed by atoms with Crippen LogP contribution in [0.2, 0.25) is 5.02 Å². The summed E-state index contributed by atoms with van der Waals surface area (Å²) < 4.78 is 1.20. The Morgan fingerprint density at radius 1 is 1.41 bits per heavy atom. The number of rotatable bonds is 4. The van der Waals surface area contributed by atoms with Crippen molar-refractivity contribution in [1.82, 2.24) is 15.0 Å². The van der Waals surface area contributed by atoms with Crippen molar-refractivity contribution in [1.29, 1.82) is 0 Å². The number of halogens is 1. The van der Waals surface area contributed by atoms with E-state index in [1.54, 1.807) is 0 Å². The number of anilines is 1. The number of hydrogen-bond donors (Lipinski definition) is 2. The van der Waals surface area contributed by atoms with Gasteiger partial charge in [0.2, 0.25) is 5.95 Å². The third-order valence-corrected chi connectivity index (χ3v) is 3.86. The molecule has 2 aromatic rings. The van der Waals surface area contributed by atoms with Gasteiger partial charge in [0.05, 0.1) is 11.3 Å². The maximum atomic E-state index is 12.4. The molecule has 1 aromatic carbocycles. The molecule has 0 bridgehead atoms. The first kappa shape index (κ1) is 14.9. The highest BCUT2D eigenvalue weighted by molar-refractivity contribution is 6.30. The van der Waals surface area contributed by atoms with Gasteiger partial charge in [-0.2, -0.15) is 0 Å². The molecule has 3 rings (SSSR count). The van der Waals surface area contributed by atoms with Gasteiger partial charge in [-0.05, 0) is 17.7 Å². The van der Waals surface area contributed by atoms with Gasteiger partial charge in [0, 0.05) is 31.1 Å². The average Bonchev–Trinajstić information content (AvgIpc) is 2.54. The lowest BCUT2D eigenvalue weighted by Gasteiger charge is -2.19. The van der Waals surface area contributed by atoms with Crippen molar-refractivity contribution >= 4 is 17.5 Å². The zero-order valence-electron chi connectivity index (χ0n) is 12.2. The predicted molar refractivity (Wildman–Crippen MR) is 85.2 cm³/mol. The lowest BCUT2D eigenvalue weighted by molar-refractivity contribution is 0.157. The fourth-order valence-corrected chi connectivity index (χ4v) is 2.58. The van der Waals surface area contributed by atoms with Crippen molar-refractivity contribution in [2.45, 2.75) is 19.5 Å². The molecule has 0 saturated carbocycles. The minimum atomic E-state index is -0.168. The molecule has 0 unspecified atom stereocenters. The third kappa shape index (κ3) is 2.93. The molecule has 2 N–H and O–H groups in total. The summed E-state index contributed by atoms with van der Waals surface area (Å²) in [4.78, 5) is 22.1. The van der Waals surface area contributed by atoms with Crippen LogP contribution in [0.15, 0.2) is 29.1 Å².